The summed E-state index contributed by atoms with van der Waals surface area (Å²) in [6.45, 7) is 0. The number of fused-ring (bicyclic) bond motifs is 10. The maximum Gasteiger partial charge on any atom is 0.164 e. The minimum absolute atomic E-state index is 0.594. The van der Waals surface area contributed by atoms with Crippen molar-refractivity contribution in [1.29, 1.82) is 0 Å². The molecule has 0 unspecified atom stereocenters. The maximum absolute atomic E-state index is 6.81. The Balaban J connectivity index is 1.24. The van der Waals surface area contributed by atoms with Crippen LogP contribution in [0.4, 0.5) is 0 Å². The van der Waals surface area contributed by atoms with E-state index in [0.717, 1.165) is 60.0 Å². The van der Waals surface area contributed by atoms with Crippen LogP contribution in [0.5, 0.6) is 0 Å². The van der Waals surface area contributed by atoms with Gasteiger partial charge in [0.1, 0.15) is 11.2 Å². The van der Waals surface area contributed by atoms with Crippen molar-refractivity contribution in [3.8, 4) is 45.3 Å². The van der Waals surface area contributed by atoms with Gasteiger partial charge in [0.25, 0.3) is 0 Å². The molecule has 10 rings (SSSR count). The van der Waals surface area contributed by atoms with E-state index in [1.807, 2.05) is 54.6 Å². The van der Waals surface area contributed by atoms with Gasteiger partial charge in [-0.25, -0.2) is 15.0 Å². The summed E-state index contributed by atoms with van der Waals surface area (Å²) in [6.07, 6.45) is 0. The van der Waals surface area contributed by atoms with E-state index in [0.29, 0.717) is 17.5 Å². The third kappa shape index (κ3) is 4.51. The van der Waals surface area contributed by atoms with Crippen LogP contribution in [0.1, 0.15) is 0 Å². The topological polar surface area (TPSA) is 51.8 Å². The summed E-state index contributed by atoms with van der Waals surface area (Å²) >= 11 is 3.79. The van der Waals surface area contributed by atoms with Crippen LogP contribution in [0.15, 0.2) is 167 Å². The standard InChI is InChI=1S/C45H27N3OS/c50-39-23-9-8-16-30(39)28-14-10-15-29(26-28)44-46-43(27-12-2-1-3-13-27)47-45(48-44)37-21-11-22-38-40(37)36-25-24-35-33-19-5-4-17-31(33)32-18-6-7-20-34(32)41(35)42(36)49-38/h1-26,50H/p+1. The molecule has 2 heterocycles. The van der Waals surface area contributed by atoms with Crippen LogP contribution in [-0.2, 0) is 12.6 Å². The molecule has 50 heavy (non-hydrogen) atoms. The number of aromatic nitrogens is 3. The van der Waals surface area contributed by atoms with Crippen LogP contribution in [0.3, 0.4) is 0 Å². The molecule has 0 bridgehead atoms. The van der Waals surface area contributed by atoms with Crippen LogP contribution < -0.4 is 0 Å². The zero-order valence-corrected chi connectivity index (χ0v) is 27.8. The van der Waals surface area contributed by atoms with Crippen molar-refractivity contribution in [2.24, 2.45) is 0 Å². The summed E-state index contributed by atoms with van der Waals surface area (Å²) in [7, 11) is 0. The van der Waals surface area contributed by atoms with Crippen molar-refractivity contribution in [2.75, 3.05) is 0 Å². The fraction of sp³-hybridized carbons (Fsp3) is 0. The van der Waals surface area contributed by atoms with Gasteiger partial charge in [0, 0.05) is 38.4 Å². The van der Waals surface area contributed by atoms with Crippen molar-refractivity contribution in [3.63, 3.8) is 0 Å². The van der Waals surface area contributed by atoms with Crippen LogP contribution in [0.25, 0.3) is 99.5 Å². The van der Waals surface area contributed by atoms with E-state index in [9.17, 15) is 0 Å². The first-order valence-corrected chi connectivity index (χ1v) is 17.1. The Morgan fingerprint density at radius 1 is 0.380 bits per heavy atom. The molecule has 5 heteroatoms. The predicted octanol–water partition coefficient (Wildman–Crippen LogP) is 11.3. The summed E-state index contributed by atoms with van der Waals surface area (Å²) in [5, 5.41) is 9.13. The minimum Gasteiger partial charge on any atom is -0.455 e. The summed E-state index contributed by atoms with van der Waals surface area (Å²) in [4.78, 5) is 16.3. The molecule has 0 aliphatic carbocycles. The molecule has 2 aromatic heterocycles. The highest BCUT2D eigenvalue weighted by atomic mass is 32.1. The molecule has 0 fully saturated rings. The number of nitrogens with zero attached hydrogens (tertiary/aromatic N) is 3. The van der Waals surface area contributed by atoms with Crippen LogP contribution in [0.2, 0.25) is 0 Å². The molecule has 8 aromatic carbocycles. The second-order valence-corrected chi connectivity index (χ2v) is 13.1. The zero-order chi connectivity index (χ0) is 33.2. The summed E-state index contributed by atoms with van der Waals surface area (Å²) < 4.78 is 6.81. The molecule has 0 aliphatic heterocycles. The first-order chi connectivity index (χ1) is 24.7. The normalized spacial score (nSPS) is 11.7. The Morgan fingerprint density at radius 2 is 0.920 bits per heavy atom. The number of benzene rings is 8. The quantitative estimate of drug-likeness (QED) is 0.139. The molecule has 0 spiro atoms. The third-order valence-corrected chi connectivity index (χ3v) is 10.1. The molecule has 0 amide bonds. The molecule has 4 nitrogen and oxygen atoms in total. The molecule has 234 valence electrons. The van der Waals surface area contributed by atoms with Gasteiger partial charge in [0.2, 0.25) is 0 Å². The Bertz CT molecular complexity index is 2920. The Labute approximate surface area is 293 Å². The lowest BCUT2D eigenvalue weighted by molar-refractivity contribution is 0.673. The molecule has 0 atom stereocenters. The molecular formula is C45H28N3OS+. The average molecular weight is 659 g/mol. The smallest absolute Gasteiger partial charge is 0.164 e. The lowest BCUT2D eigenvalue weighted by Crippen LogP contribution is -2.00. The highest BCUT2D eigenvalue weighted by molar-refractivity contribution is 7.59. The van der Waals surface area contributed by atoms with Gasteiger partial charge in [0.15, 0.2) is 22.4 Å². The summed E-state index contributed by atoms with van der Waals surface area (Å²) in [5.74, 6) is 1.82. The van der Waals surface area contributed by atoms with Gasteiger partial charge in [-0.15, -0.1) is 0 Å². The molecule has 0 saturated heterocycles. The van der Waals surface area contributed by atoms with Crippen LogP contribution in [-0.4, -0.2) is 15.0 Å². The van der Waals surface area contributed by atoms with Crippen molar-refractivity contribution >= 4 is 66.9 Å². The zero-order valence-electron chi connectivity index (χ0n) is 26.8. The van der Waals surface area contributed by atoms with Crippen molar-refractivity contribution in [2.45, 2.75) is 4.90 Å². The Morgan fingerprint density at radius 3 is 1.70 bits per heavy atom. The number of furan rings is 1. The average Bonchev–Trinajstić information content (AvgIpc) is 3.57. The van der Waals surface area contributed by atoms with Gasteiger partial charge in [-0.05, 0) is 75.5 Å². The SMILES string of the molecule is [SH2+]c1ccccc1-c1cccc(-c2nc(-c3ccccc3)nc(-c3cccc4oc5c(ccc6c7ccccc7c7ccccc7c65)c34)n2)c1. The fourth-order valence-corrected chi connectivity index (χ4v) is 7.68. The number of hydrogen-bond acceptors (Lipinski definition) is 4. The highest BCUT2D eigenvalue weighted by Crippen LogP contribution is 2.44. The molecule has 10 aromatic rings. The monoisotopic (exact) mass is 658 g/mol. The van der Waals surface area contributed by atoms with E-state index < -0.39 is 0 Å². The van der Waals surface area contributed by atoms with E-state index in [2.05, 4.69) is 116 Å². The highest BCUT2D eigenvalue weighted by Gasteiger charge is 2.21. The summed E-state index contributed by atoms with van der Waals surface area (Å²) in [6, 6.07) is 54.5. The van der Waals surface area contributed by atoms with Gasteiger partial charge in [-0.2, -0.15) is 0 Å². The maximum atomic E-state index is 6.81. The molecule has 0 N–H and O–H groups in total. The minimum atomic E-state index is 0.594. The van der Waals surface area contributed by atoms with Crippen LogP contribution in [0, 0.1) is 0 Å². The van der Waals surface area contributed by atoms with Crippen molar-refractivity contribution < 1.29 is 4.42 Å². The van der Waals surface area contributed by atoms with Crippen molar-refractivity contribution in [1.82, 2.24) is 15.0 Å². The Kier molecular flexibility index (Phi) is 6.54. The predicted molar refractivity (Wildman–Crippen MR) is 210 cm³/mol. The van der Waals surface area contributed by atoms with Gasteiger partial charge in [-0.1, -0.05) is 127 Å². The van der Waals surface area contributed by atoms with E-state index in [1.165, 1.54) is 26.9 Å². The van der Waals surface area contributed by atoms with Gasteiger partial charge in [-0.3, -0.25) is 0 Å². The van der Waals surface area contributed by atoms with Gasteiger partial charge >= 0.3 is 0 Å². The second-order valence-electron chi connectivity index (χ2n) is 12.5. The first-order valence-electron chi connectivity index (χ1n) is 16.6. The molecular weight excluding hydrogens is 631 g/mol. The van der Waals surface area contributed by atoms with Crippen LogP contribution >= 0.6 is 0 Å². The van der Waals surface area contributed by atoms with Crippen molar-refractivity contribution in [3.05, 3.63) is 158 Å². The van der Waals surface area contributed by atoms with Gasteiger partial charge < -0.3 is 4.42 Å². The lowest BCUT2D eigenvalue weighted by Gasteiger charge is -2.11. The largest absolute Gasteiger partial charge is 0.455 e. The fourth-order valence-electron chi connectivity index (χ4n) is 7.36. The van der Waals surface area contributed by atoms with E-state index in [4.69, 9.17) is 19.4 Å². The van der Waals surface area contributed by atoms with E-state index in [1.54, 1.807) is 0 Å². The molecule has 0 aliphatic rings. The second kappa shape index (κ2) is 11.4. The molecule has 0 saturated carbocycles. The van der Waals surface area contributed by atoms with E-state index in [-0.39, 0.29) is 0 Å². The molecule has 0 radical (unpaired) electrons. The Hall–Kier alpha value is -6.30. The van der Waals surface area contributed by atoms with E-state index >= 15 is 0 Å². The summed E-state index contributed by atoms with van der Waals surface area (Å²) in [5.41, 5.74) is 6.57. The van der Waals surface area contributed by atoms with Gasteiger partial charge in [0.05, 0.1) is 0 Å². The lowest BCUT2D eigenvalue weighted by atomic mass is 9.93. The first kappa shape index (κ1) is 28.7. The number of rotatable bonds is 4. The number of hydrogen-bond donors (Lipinski definition) is 0. The third-order valence-electron chi connectivity index (χ3n) is 9.64.